The third-order valence-electron chi connectivity index (χ3n) is 4.72. The number of aromatic nitrogens is 10. The molecule has 0 atom stereocenters. The van der Waals surface area contributed by atoms with Gasteiger partial charge in [0.15, 0.2) is 11.6 Å². The molecule has 0 unspecified atom stereocenters. The summed E-state index contributed by atoms with van der Waals surface area (Å²) >= 11 is 4.45. The number of halogens is 2. The Labute approximate surface area is 327 Å². The molecule has 15 nitrogen and oxygen atoms in total. The molecule has 0 aromatic carbocycles. The van der Waals surface area contributed by atoms with Gasteiger partial charge in [0, 0.05) is 53.0 Å². The van der Waals surface area contributed by atoms with Gasteiger partial charge >= 0.3 is 0 Å². The summed E-state index contributed by atoms with van der Waals surface area (Å²) in [6, 6.07) is 3.83. The maximum atomic E-state index is 10.0. The number of aliphatic hydroxyl groups excluding tert-OH is 2. The van der Waals surface area contributed by atoms with Gasteiger partial charge in [-0.15, -0.1) is 0 Å². The van der Waals surface area contributed by atoms with Crippen LogP contribution in [0.1, 0.15) is 75.6 Å². The first kappa shape index (κ1) is 51.0. The third kappa shape index (κ3) is 38.3. The summed E-state index contributed by atoms with van der Waals surface area (Å²) in [6.07, 6.45) is 11.2. The molecule has 0 radical (unpaired) electrons. The Bertz CT molecular complexity index is 1460. The van der Waals surface area contributed by atoms with Gasteiger partial charge in [-0.3, -0.25) is 35.1 Å². The van der Waals surface area contributed by atoms with Gasteiger partial charge in [0.2, 0.25) is 0 Å². The largest absolute Gasteiger partial charge is 0.512 e. The maximum absolute atomic E-state index is 10.0. The minimum absolute atomic E-state index is 0.0625. The first-order valence-electron chi connectivity index (χ1n) is 15.1. The van der Waals surface area contributed by atoms with Gasteiger partial charge in [0.25, 0.3) is 0 Å². The van der Waals surface area contributed by atoms with Gasteiger partial charge < -0.3 is 15.0 Å². The van der Waals surface area contributed by atoms with E-state index in [2.05, 4.69) is 96.2 Å². The van der Waals surface area contributed by atoms with Crippen molar-refractivity contribution in [1.82, 2.24) is 51.0 Å². The second-order valence-corrected chi connectivity index (χ2v) is 12.9. The van der Waals surface area contributed by atoms with Crippen molar-refractivity contribution in [2.75, 3.05) is 0 Å². The molecule has 0 aliphatic heterocycles. The number of carbonyl (C=O) groups is 3. The summed E-state index contributed by atoms with van der Waals surface area (Å²) < 4.78 is 2.38. The van der Waals surface area contributed by atoms with Crippen LogP contribution in [0.2, 0.25) is 0 Å². The van der Waals surface area contributed by atoms with Crippen LogP contribution in [0, 0.1) is 48.7 Å². The molecule has 5 heterocycles. The van der Waals surface area contributed by atoms with Crippen molar-refractivity contribution in [3.8, 4) is 0 Å². The van der Waals surface area contributed by atoms with Gasteiger partial charge in [-0.2, -0.15) is 25.5 Å². The standard InChI is InChI=1S/C5H8N2.2C5H8O2.2C4H5IN2.2C4H6N2.C3H6O/c1-4-3-6-7-5(4)2;2*1-4(6)3-5(2)7;2*1-3-4(5)2-6-7-3;2*1-4-2-3-5-6-4;1-3(2)4/h3H,1-2H3,(H,6,7);2*3,6H,1-2H3;2*2H,1H3,(H,6,7);2*2-3H,1H3,(H,5,6);1-2H3/b;2*4-3-;;;;;. The number of aromatic amines is 5. The molecule has 0 bridgehead atoms. The Hall–Kier alpha value is -4.40. The number of aryl methyl sites for hydroxylation is 6. The summed E-state index contributed by atoms with van der Waals surface area (Å²) in [5.41, 5.74) is 6.87. The van der Waals surface area contributed by atoms with Crippen molar-refractivity contribution in [1.29, 1.82) is 0 Å². The lowest BCUT2D eigenvalue weighted by molar-refractivity contribution is -0.115. The molecular formula is C34H52I2N10O5. The number of hydrogen-bond acceptors (Lipinski definition) is 10. The smallest absolute Gasteiger partial charge is 0.155 e. The van der Waals surface area contributed by atoms with Crippen LogP contribution in [0.15, 0.2) is 66.8 Å². The Morgan fingerprint density at radius 2 is 0.863 bits per heavy atom. The number of aliphatic hydroxyl groups is 2. The molecule has 0 aliphatic rings. The van der Waals surface area contributed by atoms with Crippen LogP contribution in [0.25, 0.3) is 0 Å². The van der Waals surface area contributed by atoms with Crippen LogP contribution in [-0.2, 0) is 14.4 Å². The van der Waals surface area contributed by atoms with E-state index in [0.29, 0.717) is 0 Å². The van der Waals surface area contributed by atoms with Crippen LogP contribution >= 0.6 is 45.2 Å². The summed E-state index contributed by atoms with van der Waals surface area (Å²) in [6.45, 7) is 20.7. The lowest BCUT2D eigenvalue weighted by Gasteiger charge is -1.80. The Morgan fingerprint density at radius 1 is 0.549 bits per heavy atom. The number of Topliss-reactive ketones (excluding diaryl/α,β-unsaturated/α-hetero) is 1. The lowest BCUT2D eigenvalue weighted by atomic mass is 10.3. The topological polar surface area (TPSA) is 235 Å². The highest BCUT2D eigenvalue weighted by Crippen LogP contribution is 2.04. The Balaban J connectivity index is -0.000000519. The second kappa shape index (κ2) is 31.6. The minimum Gasteiger partial charge on any atom is -0.512 e. The molecule has 51 heavy (non-hydrogen) atoms. The normalized spacial score (nSPS) is 9.61. The number of H-pyrrole nitrogens is 5. The number of rotatable bonds is 2. The molecule has 282 valence electrons. The van der Waals surface area contributed by atoms with E-state index in [1.54, 1.807) is 24.8 Å². The van der Waals surface area contributed by atoms with E-state index < -0.39 is 0 Å². The zero-order valence-corrected chi connectivity index (χ0v) is 35.6. The highest BCUT2D eigenvalue weighted by Gasteiger charge is 1.90. The third-order valence-corrected chi connectivity index (χ3v) is 6.90. The summed E-state index contributed by atoms with van der Waals surface area (Å²) in [7, 11) is 0. The molecular weight excluding hydrogens is 882 g/mol. The number of nitrogens with one attached hydrogen (secondary N) is 5. The van der Waals surface area contributed by atoms with Crippen molar-refractivity contribution in [3.63, 3.8) is 0 Å². The molecule has 0 fully saturated rings. The van der Waals surface area contributed by atoms with Crippen LogP contribution in [0.4, 0.5) is 0 Å². The van der Waals surface area contributed by atoms with Crippen molar-refractivity contribution in [3.05, 3.63) is 108 Å². The zero-order chi connectivity index (χ0) is 39.9. The molecule has 0 aliphatic carbocycles. The summed E-state index contributed by atoms with van der Waals surface area (Å²) in [4.78, 5) is 29.5. The first-order chi connectivity index (χ1) is 23.7. The first-order valence-corrected chi connectivity index (χ1v) is 17.3. The molecule has 17 heteroatoms. The van der Waals surface area contributed by atoms with Gasteiger partial charge in [-0.25, -0.2) is 0 Å². The molecule has 5 aromatic rings. The van der Waals surface area contributed by atoms with E-state index in [4.69, 9.17) is 10.2 Å². The van der Waals surface area contributed by atoms with Crippen molar-refractivity contribution in [2.24, 2.45) is 0 Å². The Morgan fingerprint density at radius 3 is 0.922 bits per heavy atom. The highest BCUT2D eigenvalue weighted by molar-refractivity contribution is 14.1. The lowest BCUT2D eigenvalue weighted by Crippen LogP contribution is -1.82. The van der Waals surface area contributed by atoms with Gasteiger partial charge in [-0.1, -0.05) is 0 Å². The molecule has 5 aromatic heterocycles. The Kier molecular flexibility index (Phi) is 31.6. The van der Waals surface area contributed by atoms with Crippen molar-refractivity contribution in [2.45, 2.75) is 83.1 Å². The highest BCUT2D eigenvalue weighted by atomic mass is 127. The van der Waals surface area contributed by atoms with Gasteiger partial charge in [0.1, 0.15) is 5.78 Å². The molecule has 0 amide bonds. The van der Waals surface area contributed by atoms with Crippen molar-refractivity contribution < 1.29 is 24.6 Å². The fourth-order valence-electron chi connectivity index (χ4n) is 2.32. The quantitative estimate of drug-likeness (QED) is 0.0516. The predicted molar refractivity (Wildman–Crippen MR) is 217 cm³/mol. The fraction of sp³-hybridized carbons (Fsp3) is 0.353. The maximum Gasteiger partial charge on any atom is 0.155 e. The van der Waals surface area contributed by atoms with Gasteiger partial charge in [0.05, 0.1) is 37.2 Å². The predicted octanol–water partition coefficient (Wildman–Crippen LogP) is 7.78. The van der Waals surface area contributed by atoms with Crippen LogP contribution in [0.3, 0.4) is 0 Å². The van der Waals surface area contributed by atoms with E-state index in [1.165, 1.54) is 66.4 Å². The number of carbonyl (C=O) groups excluding carboxylic acids is 3. The average Bonchev–Trinajstić information content (AvgIpc) is 3.85. The number of allylic oxidation sites excluding steroid dienone is 4. The second-order valence-electron chi connectivity index (χ2n) is 10.5. The molecule has 0 saturated carbocycles. The SMILES string of the molecule is CC(=O)/C=C(/C)O.CC(=O)/C=C(/C)O.CC(C)=O.Cc1[nH]ncc1I.Cc1[nH]ncc1I.Cc1ccn[nH]1.Cc1ccn[nH]1.Cc1cn[nH]c1C. The van der Waals surface area contributed by atoms with Crippen LogP contribution < -0.4 is 0 Å². The molecule has 7 N–H and O–H groups in total. The van der Waals surface area contributed by atoms with E-state index in [-0.39, 0.29) is 28.9 Å². The fourth-order valence-corrected chi connectivity index (χ4v) is 2.84. The summed E-state index contributed by atoms with van der Waals surface area (Å²) in [5, 5.41) is 49.4. The van der Waals surface area contributed by atoms with Crippen LogP contribution in [0.5, 0.6) is 0 Å². The number of ketones is 3. The van der Waals surface area contributed by atoms with E-state index in [9.17, 15) is 14.4 Å². The summed E-state index contributed by atoms with van der Waals surface area (Å²) in [5.74, 6) is 0.0417. The minimum atomic E-state index is -0.125. The monoisotopic (exact) mass is 934 g/mol. The van der Waals surface area contributed by atoms with Crippen molar-refractivity contribution >= 4 is 62.5 Å². The van der Waals surface area contributed by atoms with Gasteiger partial charge in [-0.05, 0) is 146 Å². The molecule has 0 saturated heterocycles. The average molecular weight is 935 g/mol. The van der Waals surface area contributed by atoms with E-state index >= 15 is 0 Å². The van der Waals surface area contributed by atoms with E-state index in [0.717, 1.165) is 28.5 Å². The zero-order valence-electron chi connectivity index (χ0n) is 31.3. The number of nitrogens with zero attached hydrogens (tertiary/aromatic N) is 5. The molecule has 5 rings (SSSR count). The van der Waals surface area contributed by atoms with Crippen LogP contribution in [-0.4, -0.2) is 78.5 Å². The van der Waals surface area contributed by atoms with E-state index in [1.807, 2.05) is 59.9 Å². The molecule has 0 spiro atoms. The number of hydrogen-bond donors (Lipinski definition) is 7.